The van der Waals surface area contributed by atoms with Crippen LogP contribution in [-0.2, 0) is 28.7 Å². The lowest BCUT2D eigenvalue weighted by atomic mass is 10.0. The zero-order chi connectivity index (χ0) is 22.1. The second-order valence-electron chi connectivity index (χ2n) is 7.50. The molecule has 29 heavy (non-hydrogen) atoms. The van der Waals surface area contributed by atoms with Gasteiger partial charge >= 0.3 is 5.97 Å². The summed E-state index contributed by atoms with van der Waals surface area (Å²) in [6.45, 7) is 6.76. The van der Waals surface area contributed by atoms with Gasteiger partial charge in [-0.15, -0.1) is 0 Å². The molecule has 1 rings (SSSR count). The van der Waals surface area contributed by atoms with Crippen molar-refractivity contribution in [3.05, 3.63) is 0 Å². The fourth-order valence-corrected chi connectivity index (χ4v) is 4.54. The Morgan fingerprint density at radius 3 is 2.34 bits per heavy atom. The van der Waals surface area contributed by atoms with E-state index in [4.69, 9.17) is 9.47 Å². The van der Waals surface area contributed by atoms with Crippen LogP contribution in [0, 0.1) is 0 Å². The molecule has 1 unspecified atom stereocenters. The molecule has 1 fully saturated rings. The molecule has 2 N–H and O–H groups in total. The molecule has 0 bridgehead atoms. The van der Waals surface area contributed by atoms with E-state index in [0.29, 0.717) is 24.5 Å². The highest BCUT2D eigenvalue weighted by Crippen LogP contribution is 2.26. The van der Waals surface area contributed by atoms with Gasteiger partial charge in [0.1, 0.15) is 13.2 Å². The van der Waals surface area contributed by atoms with Crippen LogP contribution in [0.1, 0.15) is 47.0 Å². The minimum Gasteiger partial charge on any atom is -0.465 e. The summed E-state index contributed by atoms with van der Waals surface area (Å²) in [5.41, 5.74) is -0.634. The Bertz CT molecular complexity index is 595. The van der Waals surface area contributed by atoms with Gasteiger partial charge in [-0.2, -0.15) is 0 Å². The van der Waals surface area contributed by atoms with Crippen molar-refractivity contribution in [3.63, 3.8) is 0 Å². The molecule has 11 heteroatoms. The van der Waals surface area contributed by atoms with Crippen molar-refractivity contribution in [1.82, 2.24) is 10.2 Å². The summed E-state index contributed by atoms with van der Waals surface area (Å²) in [6, 6.07) is 0. The largest absolute Gasteiger partial charge is 0.465 e. The number of esters is 1. The molecular formula is C18H30N2O7S2. The third-order valence-corrected chi connectivity index (χ3v) is 6.46. The number of nitrogens with one attached hydrogen (secondary N) is 1. The first-order valence-corrected chi connectivity index (χ1v) is 11.8. The Hall–Kier alpha value is -1.30. The summed E-state index contributed by atoms with van der Waals surface area (Å²) in [5.74, 6) is -1.79. The summed E-state index contributed by atoms with van der Waals surface area (Å²) in [4.78, 5) is 47.0. The van der Waals surface area contributed by atoms with Crippen molar-refractivity contribution < 1.29 is 33.8 Å². The number of carbonyl (C=O) groups is 4. The Labute approximate surface area is 179 Å². The first-order valence-electron chi connectivity index (χ1n) is 9.30. The molecule has 1 aliphatic rings. The molecule has 1 heterocycles. The van der Waals surface area contributed by atoms with Gasteiger partial charge in [-0.25, -0.2) is 0 Å². The molecular weight excluding hydrogens is 420 g/mol. The Morgan fingerprint density at radius 2 is 1.76 bits per heavy atom. The normalized spacial score (nSPS) is 16.7. The lowest BCUT2D eigenvalue weighted by Crippen LogP contribution is -2.49. The number of hydrogen-bond donors (Lipinski definition) is 2. The Morgan fingerprint density at radius 1 is 1.14 bits per heavy atom. The minimum absolute atomic E-state index is 0.151. The zero-order valence-electron chi connectivity index (χ0n) is 17.3. The number of aliphatic hydroxyl groups is 1. The summed E-state index contributed by atoms with van der Waals surface area (Å²) in [7, 11) is 2.88. The predicted octanol–water partition coefficient (Wildman–Crippen LogP) is 1.09. The number of hydrogen-bond acceptors (Lipinski definition) is 9. The molecule has 1 aliphatic heterocycles. The van der Waals surface area contributed by atoms with Crippen LogP contribution in [0.3, 0.4) is 0 Å². The maximum absolute atomic E-state index is 12.2. The molecule has 1 atom stereocenters. The third-order valence-electron chi connectivity index (χ3n) is 3.96. The highest BCUT2D eigenvalue weighted by molar-refractivity contribution is 8.76. The van der Waals surface area contributed by atoms with Gasteiger partial charge in [0, 0.05) is 31.1 Å². The maximum Gasteiger partial charge on any atom is 0.302 e. The van der Waals surface area contributed by atoms with E-state index in [0.717, 1.165) is 4.90 Å². The summed E-state index contributed by atoms with van der Waals surface area (Å²) < 4.78 is 10.3. The highest BCUT2D eigenvalue weighted by atomic mass is 33.1. The molecule has 0 aromatic rings. The first-order chi connectivity index (χ1) is 13.4. The number of likely N-dealkylation sites (tertiary alicyclic amines) is 1. The van der Waals surface area contributed by atoms with E-state index in [1.807, 2.05) is 0 Å². The van der Waals surface area contributed by atoms with Crippen LogP contribution < -0.4 is 5.32 Å². The fraction of sp³-hybridized carbons (Fsp3) is 0.778. The van der Waals surface area contributed by atoms with Crippen LogP contribution in [0.15, 0.2) is 0 Å². The lowest BCUT2D eigenvalue weighted by Gasteiger charge is -2.29. The molecule has 0 saturated carbocycles. The average Bonchev–Trinajstić information content (AvgIpc) is 2.88. The lowest BCUT2D eigenvalue weighted by molar-refractivity contribution is -0.174. The van der Waals surface area contributed by atoms with Gasteiger partial charge in [-0.05, 0) is 27.2 Å². The van der Waals surface area contributed by atoms with Crippen molar-refractivity contribution in [2.45, 2.75) is 58.3 Å². The molecule has 0 aromatic heterocycles. The summed E-state index contributed by atoms with van der Waals surface area (Å²) >= 11 is 0. The first kappa shape index (κ1) is 25.7. The number of imide groups is 1. The topological polar surface area (TPSA) is 122 Å². The smallest absolute Gasteiger partial charge is 0.302 e. The van der Waals surface area contributed by atoms with E-state index in [1.165, 1.54) is 28.5 Å². The van der Waals surface area contributed by atoms with Crippen LogP contribution in [0.25, 0.3) is 0 Å². The Balaban J connectivity index is 2.26. The van der Waals surface area contributed by atoms with Gasteiger partial charge in [0.15, 0.2) is 5.79 Å². The molecule has 9 nitrogen and oxygen atoms in total. The number of amides is 3. The Kier molecular flexibility index (Phi) is 10.4. The standard InChI is InChI=1S/C18H30N2O7S2/c1-13(21)26-9-10-28-29-12-18(4,25)27-8-7-17(2,3)19-14(22)11-20-15(23)5-6-16(20)24/h25H,5-12H2,1-4H3,(H,19,22). The van der Waals surface area contributed by atoms with Crippen molar-refractivity contribution in [1.29, 1.82) is 0 Å². The predicted molar refractivity (Wildman–Crippen MR) is 111 cm³/mol. The van der Waals surface area contributed by atoms with E-state index in [9.17, 15) is 24.3 Å². The minimum atomic E-state index is -1.34. The average molecular weight is 451 g/mol. The van der Waals surface area contributed by atoms with Crippen LogP contribution >= 0.6 is 21.6 Å². The van der Waals surface area contributed by atoms with E-state index in [2.05, 4.69) is 5.32 Å². The van der Waals surface area contributed by atoms with Crippen LogP contribution in [0.4, 0.5) is 0 Å². The maximum atomic E-state index is 12.2. The molecule has 1 saturated heterocycles. The molecule has 0 aromatic carbocycles. The van der Waals surface area contributed by atoms with Crippen molar-refractivity contribution in [3.8, 4) is 0 Å². The SMILES string of the molecule is CC(=O)OCCSSCC(C)(O)OCCC(C)(C)NC(=O)CN1C(=O)CCC1=O. The quantitative estimate of drug-likeness (QED) is 0.140. The molecule has 166 valence electrons. The van der Waals surface area contributed by atoms with Gasteiger partial charge in [-0.3, -0.25) is 24.1 Å². The van der Waals surface area contributed by atoms with Crippen LogP contribution in [0.2, 0.25) is 0 Å². The monoisotopic (exact) mass is 450 g/mol. The number of ether oxygens (including phenoxy) is 2. The molecule has 0 spiro atoms. The van der Waals surface area contributed by atoms with E-state index in [-0.39, 0.29) is 43.8 Å². The van der Waals surface area contributed by atoms with Gasteiger partial charge in [0.05, 0.1) is 12.4 Å². The van der Waals surface area contributed by atoms with Gasteiger partial charge < -0.3 is 19.9 Å². The van der Waals surface area contributed by atoms with Crippen LogP contribution in [0.5, 0.6) is 0 Å². The van der Waals surface area contributed by atoms with E-state index >= 15 is 0 Å². The van der Waals surface area contributed by atoms with Crippen molar-refractivity contribution in [2.75, 3.05) is 31.3 Å². The number of rotatable bonds is 13. The molecule has 0 aliphatic carbocycles. The fourth-order valence-electron chi connectivity index (χ4n) is 2.42. The van der Waals surface area contributed by atoms with Crippen molar-refractivity contribution in [2.24, 2.45) is 0 Å². The van der Waals surface area contributed by atoms with Gasteiger partial charge in [-0.1, -0.05) is 21.6 Å². The van der Waals surface area contributed by atoms with E-state index < -0.39 is 17.2 Å². The van der Waals surface area contributed by atoms with Gasteiger partial charge in [0.25, 0.3) is 0 Å². The number of nitrogens with zero attached hydrogens (tertiary/aromatic N) is 1. The van der Waals surface area contributed by atoms with Crippen molar-refractivity contribution >= 4 is 45.3 Å². The third kappa shape index (κ3) is 10.9. The second-order valence-corrected chi connectivity index (χ2v) is 10.1. The molecule has 3 amide bonds. The van der Waals surface area contributed by atoms with Crippen LogP contribution in [-0.4, -0.2) is 76.3 Å². The second kappa shape index (κ2) is 11.8. The zero-order valence-corrected chi connectivity index (χ0v) is 19.0. The summed E-state index contributed by atoms with van der Waals surface area (Å²) in [5, 5.41) is 13.1. The molecule has 0 radical (unpaired) electrons. The highest BCUT2D eigenvalue weighted by Gasteiger charge is 2.32. The number of carbonyl (C=O) groups excluding carboxylic acids is 4. The van der Waals surface area contributed by atoms with Gasteiger partial charge in [0.2, 0.25) is 17.7 Å². The summed E-state index contributed by atoms with van der Waals surface area (Å²) in [6.07, 6.45) is 0.734. The van der Waals surface area contributed by atoms with E-state index in [1.54, 1.807) is 20.8 Å².